The number of H-pyrrole nitrogens is 1. The maximum Gasteiger partial charge on any atom is 0.252 e. The molecule has 0 saturated carbocycles. The molecule has 0 radical (unpaired) electrons. The van der Waals surface area contributed by atoms with E-state index < -0.39 is 23.3 Å². The molecule has 0 fully saturated rings. The molecule has 0 spiro atoms. The summed E-state index contributed by atoms with van der Waals surface area (Å²) in [6.45, 7) is 0. The van der Waals surface area contributed by atoms with Crippen LogP contribution in [0.4, 0.5) is 4.39 Å². The van der Waals surface area contributed by atoms with Crippen LogP contribution in [0.5, 0.6) is 0 Å². The molecule has 4 aromatic rings. The fraction of sp³-hybridized carbons (Fsp3) is 0.0435. The fourth-order valence-corrected chi connectivity index (χ4v) is 3.63. The molecule has 1 unspecified atom stereocenters. The van der Waals surface area contributed by atoms with Gasteiger partial charge in [0.05, 0.1) is 21.7 Å². The molecule has 0 aliphatic carbocycles. The number of rotatable bonds is 4. The minimum Gasteiger partial charge on any atom is -0.341 e. The van der Waals surface area contributed by atoms with E-state index in [1.807, 2.05) is 30.3 Å². The Morgan fingerprint density at radius 2 is 1.67 bits per heavy atom. The van der Waals surface area contributed by atoms with Gasteiger partial charge < -0.3 is 10.3 Å². The summed E-state index contributed by atoms with van der Waals surface area (Å²) >= 11 is 12.2. The summed E-state index contributed by atoms with van der Waals surface area (Å²) in [5, 5.41) is 4.00. The van der Waals surface area contributed by atoms with Crippen molar-refractivity contribution in [2.24, 2.45) is 0 Å². The van der Waals surface area contributed by atoms with Gasteiger partial charge in [-0.15, -0.1) is 0 Å². The van der Waals surface area contributed by atoms with Gasteiger partial charge in [-0.1, -0.05) is 59.6 Å². The van der Waals surface area contributed by atoms with E-state index >= 15 is 0 Å². The van der Waals surface area contributed by atoms with Crippen LogP contribution >= 0.6 is 23.2 Å². The van der Waals surface area contributed by atoms with E-state index in [-0.39, 0.29) is 5.56 Å². The third-order valence-electron chi connectivity index (χ3n) is 4.74. The highest BCUT2D eigenvalue weighted by molar-refractivity contribution is 6.42. The smallest absolute Gasteiger partial charge is 0.252 e. The number of carbonyl (C=O) groups is 1. The Labute approximate surface area is 181 Å². The highest BCUT2D eigenvalue weighted by Gasteiger charge is 2.21. The third-order valence-corrected chi connectivity index (χ3v) is 5.47. The molecular weight excluding hydrogens is 426 g/mol. The third kappa shape index (κ3) is 4.08. The van der Waals surface area contributed by atoms with Crippen LogP contribution in [0.2, 0.25) is 10.0 Å². The number of hydrogen-bond donors (Lipinski definition) is 2. The molecule has 3 aromatic carbocycles. The van der Waals surface area contributed by atoms with Gasteiger partial charge in [0.2, 0.25) is 5.56 Å². The molecule has 2 N–H and O–H groups in total. The molecule has 30 heavy (non-hydrogen) atoms. The zero-order valence-corrected chi connectivity index (χ0v) is 17.0. The quantitative estimate of drug-likeness (QED) is 0.440. The minimum absolute atomic E-state index is 0.0780. The molecule has 4 nitrogen and oxygen atoms in total. The normalized spacial score (nSPS) is 12.0. The van der Waals surface area contributed by atoms with Crippen LogP contribution in [-0.4, -0.2) is 10.9 Å². The van der Waals surface area contributed by atoms with Crippen molar-refractivity contribution >= 4 is 40.0 Å². The van der Waals surface area contributed by atoms with E-state index in [0.29, 0.717) is 26.5 Å². The average Bonchev–Trinajstić information content (AvgIpc) is 2.74. The van der Waals surface area contributed by atoms with Gasteiger partial charge in [-0.3, -0.25) is 9.59 Å². The van der Waals surface area contributed by atoms with Crippen LogP contribution < -0.4 is 10.9 Å². The first-order valence-corrected chi connectivity index (χ1v) is 9.81. The van der Waals surface area contributed by atoms with E-state index in [1.54, 1.807) is 18.2 Å². The van der Waals surface area contributed by atoms with Gasteiger partial charge in [0.1, 0.15) is 5.82 Å². The molecule has 0 aliphatic heterocycles. The second-order valence-electron chi connectivity index (χ2n) is 6.73. The molecule has 4 rings (SSSR count). The van der Waals surface area contributed by atoms with Crippen molar-refractivity contribution < 1.29 is 9.18 Å². The van der Waals surface area contributed by atoms with Crippen LogP contribution in [0.1, 0.15) is 27.5 Å². The number of aromatic amines is 1. The molecular formula is C23H15Cl2FN2O2. The number of carbonyl (C=O) groups excluding carboxylic acids is 1. The second-order valence-corrected chi connectivity index (χ2v) is 7.54. The molecule has 0 bridgehead atoms. The van der Waals surface area contributed by atoms with E-state index in [1.165, 1.54) is 18.2 Å². The lowest BCUT2D eigenvalue weighted by Gasteiger charge is -2.21. The number of halogens is 3. The highest BCUT2D eigenvalue weighted by Crippen LogP contribution is 2.29. The van der Waals surface area contributed by atoms with Crippen molar-refractivity contribution in [2.45, 2.75) is 6.04 Å². The second kappa shape index (κ2) is 8.30. The van der Waals surface area contributed by atoms with Gasteiger partial charge in [0, 0.05) is 17.0 Å². The molecule has 0 saturated heterocycles. The summed E-state index contributed by atoms with van der Waals surface area (Å²) in [7, 11) is 0. The Bertz CT molecular complexity index is 1310. The zero-order chi connectivity index (χ0) is 21.3. The van der Waals surface area contributed by atoms with Gasteiger partial charge in [0.25, 0.3) is 5.91 Å². The van der Waals surface area contributed by atoms with Crippen molar-refractivity contribution in [3.05, 3.63) is 116 Å². The first-order chi connectivity index (χ1) is 14.4. The number of aromatic nitrogens is 1. The van der Waals surface area contributed by atoms with Gasteiger partial charge in [-0.2, -0.15) is 0 Å². The summed E-state index contributed by atoms with van der Waals surface area (Å²) in [4.78, 5) is 27.8. The zero-order valence-electron chi connectivity index (χ0n) is 15.5. The summed E-state index contributed by atoms with van der Waals surface area (Å²) in [5.74, 6) is -1.02. The van der Waals surface area contributed by atoms with E-state index in [0.717, 1.165) is 11.6 Å². The molecule has 1 atom stereocenters. The lowest BCUT2D eigenvalue weighted by atomic mass is 9.98. The topological polar surface area (TPSA) is 62.0 Å². The first kappa shape index (κ1) is 20.1. The molecule has 1 heterocycles. The predicted octanol–water partition coefficient (Wildman–Crippen LogP) is 5.49. The summed E-state index contributed by atoms with van der Waals surface area (Å²) in [6, 6.07) is 18.9. The van der Waals surface area contributed by atoms with Gasteiger partial charge in [-0.05, 0) is 41.5 Å². The summed E-state index contributed by atoms with van der Waals surface area (Å²) in [6.07, 6.45) is 0. The van der Waals surface area contributed by atoms with Crippen molar-refractivity contribution in [1.82, 2.24) is 10.3 Å². The van der Waals surface area contributed by atoms with Crippen molar-refractivity contribution in [3.63, 3.8) is 0 Å². The Morgan fingerprint density at radius 1 is 0.900 bits per heavy atom. The minimum atomic E-state index is -0.559. The van der Waals surface area contributed by atoms with Crippen LogP contribution in [0, 0.1) is 5.82 Å². The number of pyridine rings is 1. The number of amides is 1. The van der Waals surface area contributed by atoms with Crippen molar-refractivity contribution in [2.75, 3.05) is 0 Å². The van der Waals surface area contributed by atoms with Crippen LogP contribution in [0.25, 0.3) is 10.9 Å². The van der Waals surface area contributed by atoms with E-state index in [2.05, 4.69) is 10.3 Å². The molecule has 7 heteroatoms. The summed E-state index contributed by atoms with van der Waals surface area (Å²) in [5.41, 5.74) is 1.52. The van der Waals surface area contributed by atoms with Crippen LogP contribution in [0.3, 0.4) is 0 Å². The Kier molecular flexibility index (Phi) is 5.57. The highest BCUT2D eigenvalue weighted by atomic mass is 35.5. The maximum absolute atomic E-state index is 13.8. The van der Waals surface area contributed by atoms with Gasteiger partial charge >= 0.3 is 0 Å². The number of fused-ring (bicyclic) bond motifs is 1. The lowest BCUT2D eigenvalue weighted by molar-refractivity contribution is 0.0944. The van der Waals surface area contributed by atoms with Gasteiger partial charge in [-0.25, -0.2) is 4.39 Å². The Hall–Kier alpha value is -3.15. The van der Waals surface area contributed by atoms with Crippen molar-refractivity contribution in [3.8, 4) is 0 Å². The van der Waals surface area contributed by atoms with Crippen molar-refractivity contribution in [1.29, 1.82) is 0 Å². The SMILES string of the molecule is O=C(NC(c1ccccc1)c1ccc(Cl)c(Cl)c1)c1cc(=O)[nH]c2ccc(F)cc12. The number of benzene rings is 3. The van der Waals surface area contributed by atoms with Crippen LogP contribution in [0.15, 0.2) is 77.6 Å². The van der Waals surface area contributed by atoms with Crippen LogP contribution in [-0.2, 0) is 0 Å². The molecule has 1 aromatic heterocycles. The Balaban J connectivity index is 1.80. The summed E-state index contributed by atoms with van der Waals surface area (Å²) < 4.78 is 13.8. The molecule has 1 amide bonds. The molecule has 150 valence electrons. The number of nitrogens with one attached hydrogen (secondary N) is 2. The predicted molar refractivity (Wildman–Crippen MR) is 117 cm³/mol. The van der Waals surface area contributed by atoms with E-state index in [9.17, 15) is 14.0 Å². The maximum atomic E-state index is 13.8. The Morgan fingerprint density at radius 3 is 2.40 bits per heavy atom. The average molecular weight is 441 g/mol. The number of hydrogen-bond acceptors (Lipinski definition) is 2. The fourth-order valence-electron chi connectivity index (χ4n) is 3.32. The largest absolute Gasteiger partial charge is 0.341 e. The monoisotopic (exact) mass is 440 g/mol. The van der Waals surface area contributed by atoms with Gasteiger partial charge in [0.15, 0.2) is 0 Å². The van der Waals surface area contributed by atoms with E-state index in [4.69, 9.17) is 23.2 Å². The first-order valence-electron chi connectivity index (χ1n) is 9.06. The molecule has 0 aliphatic rings. The lowest BCUT2D eigenvalue weighted by Crippen LogP contribution is -2.30. The standard InChI is InChI=1S/C23H15Cl2FN2O2/c24-18-8-6-14(10-19(18)25)22(13-4-2-1-3-5-13)28-23(30)17-12-21(29)27-20-9-7-15(26)11-16(17)20/h1-12,22H,(H,27,29)(H,28,30).